The van der Waals surface area contributed by atoms with Crippen molar-refractivity contribution in [2.45, 2.75) is 104 Å². The summed E-state index contributed by atoms with van der Waals surface area (Å²) in [7, 11) is 9.82. The Morgan fingerprint density at radius 1 is 0.903 bits per heavy atom. The number of benzene rings is 4. The molecule has 26 heteroatoms. The van der Waals surface area contributed by atoms with Crippen molar-refractivity contribution in [3.8, 4) is 23.1 Å². The second-order valence-corrected chi connectivity index (χ2v) is 24.1. The van der Waals surface area contributed by atoms with E-state index in [1.165, 1.54) is 23.8 Å². The smallest absolute Gasteiger partial charge is 0.430 e. The second-order valence-electron chi connectivity index (χ2n) is 23.7. The molecule has 0 aliphatic carbocycles. The van der Waals surface area contributed by atoms with Gasteiger partial charge in [0.25, 0.3) is 11.8 Å². The Hall–Kier alpha value is -9.64. The Morgan fingerprint density at radius 2 is 1.58 bits per heavy atom. The Labute approximate surface area is 543 Å². The average molecular weight is 1310 g/mol. The highest BCUT2D eigenvalue weighted by atomic mass is 35.5. The molecule has 3 atom stereocenters. The fourth-order valence-electron chi connectivity index (χ4n) is 11.1. The summed E-state index contributed by atoms with van der Waals surface area (Å²) >= 11 is 6.78. The number of urea groups is 1. The highest BCUT2D eigenvalue weighted by Crippen LogP contribution is 2.38. The number of ether oxygens (including phenoxy) is 1. The molecule has 0 spiro atoms. The number of rotatable bonds is 25. The van der Waals surface area contributed by atoms with E-state index in [0.29, 0.717) is 105 Å². The number of phenolic OH excluding ortho intramolecular Hbond substituents is 1. The van der Waals surface area contributed by atoms with E-state index < -0.39 is 48.2 Å². The third-order valence-corrected chi connectivity index (χ3v) is 16.4. The largest absolute Gasteiger partial charge is 0.542 e. The molecule has 0 saturated carbocycles. The van der Waals surface area contributed by atoms with Crippen LogP contribution in [-0.2, 0) is 59.3 Å². The normalized spacial score (nSPS) is 13.5. The van der Waals surface area contributed by atoms with E-state index >= 15 is 9.59 Å². The summed E-state index contributed by atoms with van der Waals surface area (Å²) in [5.74, 6) is -4.92. The molecule has 3 heterocycles. The van der Waals surface area contributed by atoms with Crippen molar-refractivity contribution >= 4 is 70.4 Å². The van der Waals surface area contributed by atoms with Crippen LogP contribution in [0, 0.1) is 31.1 Å². The number of aliphatic carboxylic acids is 1. The molecule has 7 rings (SSSR count). The molecule has 2 aromatic heterocycles. The number of hydrogen-bond acceptors (Lipinski definition) is 12. The van der Waals surface area contributed by atoms with Gasteiger partial charge in [-0.05, 0) is 142 Å². The van der Waals surface area contributed by atoms with Gasteiger partial charge in [-0.3, -0.25) is 24.1 Å². The summed E-state index contributed by atoms with van der Waals surface area (Å²) in [5, 5.41) is 43.5. The van der Waals surface area contributed by atoms with Crippen molar-refractivity contribution in [1.29, 1.82) is 5.26 Å². The van der Waals surface area contributed by atoms with Crippen LogP contribution in [0.1, 0.15) is 99.6 Å². The number of alkyl halides is 3. The first-order valence-electron chi connectivity index (χ1n) is 30.0. The number of alkyl carbamates (subject to hydrolysis) is 1. The van der Waals surface area contributed by atoms with E-state index in [1.807, 2.05) is 67.7 Å². The van der Waals surface area contributed by atoms with Gasteiger partial charge in [-0.15, -0.1) is 0 Å². The number of carbonyl (C=O) groups is 7. The summed E-state index contributed by atoms with van der Waals surface area (Å²) in [5.41, 5.74) is 14.8. The van der Waals surface area contributed by atoms with E-state index in [0.717, 1.165) is 29.7 Å². The van der Waals surface area contributed by atoms with Gasteiger partial charge in [0.1, 0.15) is 48.7 Å². The molecule has 7 amide bonds. The van der Waals surface area contributed by atoms with E-state index in [2.05, 4.69) is 65.5 Å². The van der Waals surface area contributed by atoms with Crippen LogP contribution in [0.5, 0.6) is 5.75 Å². The first-order chi connectivity index (χ1) is 43.9. The van der Waals surface area contributed by atoms with Crippen molar-refractivity contribution in [2.75, 3.05) is 51.1 Å². The van der Waals surface area contributed by atoms with Gasteiger partial charge in [0.15, 0.2) is 0 Å². The van der Waals surface area contributed by atoms with Crippen molar-refractivity contribution in [2.24, 2.45) is 25.7 Å². The summed E-state index contributed by atoms with van der Waals surface area (Å²) in [6, 6.07) is 28.3. The molecular formula is C67H80ClF3N12O10. The number of aromatic nitrogens is 2. The number of fused-ring (bicyclic) bond motifs is 1. The standard InChI is InChI=1S/C65H79ClN12O8.C2HF3O2/c1-11-30-86-65(85)73-59(40(2)3)61(81)72-56(19-14-28-70-64(68)84)60(80)71-48-22-20-45(46(31-48)37-69-6)39-78(9,10)29-15-18-50-32-43-16-12-13-17-44(43)38-76(50)62(82)53-27-21-47(66)33-55(53)58-35-54(41(4)75(58)8)63(83)77(49-23-25-52(79)26-24-49)57-34-51(36-67)74(7)42(57)5;3-2(4,5)1(6)7/h11-13,16-17,20-27,31,33-35,40,50,56,59,69H,1,14-15,18-19,28-30,32,37-39H2,2-10H3,(H6-,68,70,71,72,73,79,80,81,84,85);(H,6,7)/t50-,56+,59+;/m1./s1. The number of aromatic hydroxyl groups is 1. The number of nitrogens with zero attached hydrogens (tertiary/aromatic N) is 6. The number of anilines is 3. The number of primary amides is 1. The highest BCUT2D eigenvalue weighted by Gasteiger charge is 2.35. The monoisotopic (exact) mass is 1300 g/mol. The third kappa shape index (κ3) is 19.0. The van der Waals surface area contributed by atoms with Gasteiger partial charge in [0, 0.05) is 89.9 Å². The van der Waals surface area contributed by atoms with Crippen molar-refractivity contribution in [3.05, 3.63) is 165 Å². The van der Waals surface area contributed by atoms with Gasteiger partial charge in [-0.25, -0.2) is 9.59 Å². The van der Waals surface area contributed by atoms with Crippen LogP contribution in [0.15, 0.2) is 110 Å². The number of halogens is 4. The van der Waals surface area contributed by atoms with Gasteiger partial charge >= 0.3 is 18.3 Å². The van der Waals surface area contributed by atoms with Gasteiger partial charge in [-0.2, -0.15) is 18.4 Å². The lowest BCUT2D eigenvalue weighted by Crippen LogP contribution is -2.54. The van der Waals surface area contributed by atoms with Crippen molar-refractivity contribution in [1.82, 2.24) is 35.3 Å². The Bertz CT molecular complexity index is 3760. The lowest BCUT2D eigenvalue weighted by atomic mass is 9.90. The second kappa shape index (κ2) is 32.1. The zero-order valence-corrected chi connectivity index (χ0v) is 54.3. The SMILES string of the molecule is C=CCOC(=O)N[C@H](C(=O)N[C@@H](CCCNC(N)=O)C(=O)Nc1ccc(C[N+](C)(C)CCC[C@@H]2Cc3ccccc3CN2C(=O)c2ccc(Cl)cc2-c2cc(C(=O)N(c3ccc(O)cc3)c3cc(C#N)n(C)c3C)c(C)n2C)c(CNC)c1)C(C)C.O=C([O-])C(F)(F)F. The fourth-order valence-corrected chi connectivity index (χ4v) is 11.2. The average Bonchev–Trinajstić information content (AvgIpc) is 1.70. The highest BCUT2D eigenvalue weighted by molar-refractivity contribution is 6.31. The maximum atomic E-state index is 15.4. The van der Waals surface area contributed by atoms with Crippen molar-refractivity contribution < 1.29 is 66.2 Å². The number of phenols is 1. The Kier molecular flexibility index (Phi) is 25.0. The molecule has 22 nitrogen and oxygen atoms in total. The van der Waals surface area contributed by atoms with Gasteiger partial charge in [-0.1, -0.05) is 68.4 Å². The molecule has 0 unspecified atom stereocenters. The van der Waals surface area contributed by atoms with E-state index in [4.69, 9.17) is 32.0 Å². The van der Waals surface area contributed by atoms with Crippen LogP contribution in [0.3, 0.4) is 0 Å². The number of nitriles is 1. The zero-order valence-electron chi connectivity index (χ0n) is 53.5. The number of amides is 7. The predicted octanol–water partition coefficient (Wildman–Crippen LogP) is 8.31. The quantitative estimate of drug-likeness (QED) is 0.0162. The van der Waals surface area contributed by atoms with Crippen LogP contribution >= 0.6 is 11.6 Å². The van der Waals surface area contributed by atoms with E-state index in [1.54, 1.807) is 72.8 Å². The lowest BCUT2D eigenvalue weighted by Gasteiger charge is -2.38. The van der Waals surface area contributed by atoms with Crippen LogP contribution in [0.2, 0.25) is 5.02 Å². The molecule has 93 heavy (non-hydrogen) atoms. The number of quaternary nitrogens is 1. The van der Waals surface area contributed by atoms with Crippen LogP contribution in [-0.4, -0.2) is 130 Å². The molecular weight excluding hydrogens is 1230 g/mol. The molecule has 1 aliphatic heterocycles. The predicted molar refractivity (Wildman–Crippen MR) is 345 cm³/mol. The maximum absolute atomic E-state index is 15.4. The molecule has 0 radical (unpaired) electrons. The Balaban J connectivity index is 0.00000185. The topological polar surface area (TPSA) is 298 Å². The summed E-state index contributed by atoms with van der Waals surface area (Å²) in [4.78, 5) is 94.2. The first-order valence-corrected chi connectivity index (χ1v) is 30.4. The van der Waals surface area contributed by atoms with Gasteiger partial charge in [0.2, 0.25) is 11.8 Å². The van der Waals surface area contributed by atoms with Crippen LogP contribution < -0.4 is 42.3 Å². The number of hydrogen-bond donors (Lipinski definition) is 7. The number of carboxylic acids is 1. The summed E-state index contributed by atoms with van der Waals surface area (Å²) in [6.45, 7) is 13.2. The fraction of sp³-hybridized carbons (Fsp3) is 0.373. The first kappa shape index (κ1) is 72.4. The number of nitrogens with one attached hydrogen (secondary N) is 5. The molecule has 8 N–H and O–H groups in total. The summed E-state index contributed by atoms with van der Waals surface area (Å²) < 4.78 is 40.8. The number of carbonyl (C=O) groups excluding carboxylic acids is 7. The van der Waals surface area contributed by atoms with E-state index in [-0.39, 0.29) is 49.1 Å². The number of nitrogens with two attached hydrogens (primary N) is 1. The molecule has 496 valence electrons. The third-order valence-electron chi connectivity index (χ3n) is 16.2. The van der Waals surface area contributed by atoms with Crippen LogP contribution in [0.25, 0.3) is 11.3 Å². The molecule has 1 aliphatic rings. The van der Waals surface area contributed by atoms with Crippen molar-refractivity contribution in [3.63, 3.8) is 0 Å². The van der Waals surface area contributed by atoms with E-state index in [9.17, 15) is 42.7 Å². The van der Waals surface area contributed by atoms with Gasteiger partial charge < -0.3 is 70.6 Å². The van der Waals surface area contributed by atoms with Crippen LogP contribution in [0.4, 0.5) is 39.8 Å². The zero-order chi connectivity index (χ0) is 68.6. The molecule has 0 fully saturated rings. The van der Waals surface area contributed by atoms with Gasteiger partial charge in [0.05, 0.1) is 31.9 Å². The Morgan fingerprint density at radius 3 is 2.19 bits per heavy atom. The maximum Gasteiger partial charge on any atom is 0.430 e. The minimum atomic E-state index is -5.19. The number of carboxylic acid groups (broad SMARTS) is 1. The molecule has 6 aromatic rings. The molecule has 4 aromatic carbocycles. The molecule has 0 bridgehead atoms. The minimum Gasteiger partial charge on any atom is -0.542 e. The lowest BCUT2D eigenvalue weighted by molar-refractivity contribution is -0.903. The minimum absolute atomic E-state index is 0.0363. The molecule has 0 saturated heterocycles. The summed E-state index contributed by atoms with van der Waals surface area (Å²) in [6.07, 6.45) is -1.96.